The van der Waals surface area contributed by atoms with Gasteiger partial charge in [0.25, 0.3) is 0 Å². The summed E-state index contributed by atoms with van der Waals surface area (Å²) in [6.45, 7) is 0. The van der Waals surface area contributed by atoms with Gasteiger partial charge in [0.05, 0.1) is 0 Å². The lowest BCUT2D eigenvalue weighted by atomic mass is 10.3. The Bertz CT molecular complexity index is 497. The van der Waals surface area contributed by atoms with Crippen molar-refractivity contribution in [1.82, 2.24) is 0 Å². The van der Waals surface area contributed by atoms with Crippen molar-refractivity contribution < 1.29 is 13.5 Å². The maximum Gasteiger partial charge on any atom is 0.171 e. The summed E-state index contributed by atoms with van der Waals surface area (Å²) in [5.74, 6) is -1.23. The Hall–Kier alpha value is -1.61. The number of ether oxygens (including phenoxy) is 1. The summed E-state index contributed by atoms with van der Waals surface area (Å²) in [6, 6.07) is 10.5. The van der Waals surface area contributed by atoms with E-state index in [1.165, 1.54) is 0 Å². The first-order valence-electron chi connectivity index (χ1n) is 4.45. The van der Waals surface area contributed by atoms with Crippen LogP contribution in [0.15, 0.2) is 36.4 Å². The van der Waals surface area contributed by atoms with Gasteiger partial charge in [-0.15, -0.1) is 0 Å². The smallest absolute Gasteiger partial charge is 0.171 e. The average Bonchev–Trinajstić information content (AvgIpc) is 2.25. The van der Waals surface area contributed by atoms with Crippen LogP contribution in [-0.2, 0) is 0 Å². The lowest BCUT2D eigenvalue weighted by Crippen LogP contribution is -1.89. The van der Waals surface area contributed by atoms with Gasteiger partial charge in [0.2, 0.25) is 0 Å². The summed E-state index contributed by atoms with van der Waals surface area (Å²) in [5, 5.41) is 0.552. The standard InChI is InChI=1S/C12H6ClF2O/c13-8-1-4-10(5-2-8)16-12-6-3-9(14)7-11(12)15/h1-5,7H. The van der Waals surface area contributed by atoms with Gasteiger partial charge in [0.1, 0.15) is 11.6 Å². The quantitative estimate of drug-likeness (QED) is 0.763. The zero-order valence-corrected chi connectivity index (χ0v) is 8.76. The van der Waals surface area contributed by atoms with E-state index in [4.69, 9.17) is 16.3 Å². The van der Waals surface area contributed by atoms with Crippen LogP contribution in [0.25, 0.3) is 0 Å². The maximum atomic E-state index is 13.2. The third kappa shape index (κ3) is 2.49. The minimum Gasteiger partial charge on any atom is -0.454 e. The molecule has 1 radical (unpaired) electrons. The van der Waals surface area contributed by atoms with Gasteiger partial charge in [0.15, 0.2) is 11.6 Å². The fourth-order valence-corrected chi connectivity index (χ4v) is 1.26. The van der Waals surface area contributed by atoms with Gasteiger partial charge in [-0.25, -0.2) is 8.78 Å². The summed E-state index contributed by atoms with van der Waals surface area (Å²) in [6.07, 6.45) is 0. The predicted molar refractivity (Wildman–Crippen MR) is 56.7 cm³/mol. The van der Waals surface area contributed by atoms with Crippen molar-refractivity contribution in [2.24, 2.45) is 0 Å². The largest absolute Gasteiger partial charge is 0.454 e. The highest BCUT2D eigenvalue weighted by Crippen LogP contribution is 2.25. The number of benzene rings is 2. The summed E-state index contributed by atoms with van der Waals surface area (Å²) in [7, 11) is 0. The molecule has 0 heterocycles. The molecule has 0 aliphatic heterocycles. The second kappa shape index (κ2) is 4.49. The van der Waals surface area contributed by atoms with Crippen LogP contribution in [0, 0.1) is 17.7 Å². The van der Waals surface area contributed by atoms with Crippen molar-refractivity contribution in [3.8, 4) is 11.5 Å². The van der Waals surface area contributed by atoms with Gasteiger partial charge in [-0.05, 0) is 30.3 Å². The molecule has 0 atom stereocenters. The molecule has 0 spiro atoms. The van der Waals surface area contributed by atoms with Crippen LogP contribution in [0.5, 0.6) is 11.5 Å². The van der Waals surface area contributed by atoms with Crippen molar-refractivity contribution >= 4 is 11.6 Å². The van der Waals surface area contributed by atoms with Crippen LogP contribution in [0.4, 0.5) is 8.78 Å². The third-order valence-corrected chi connectivity index (χ3v) is 2.11. The Morgan fingerprint density at radius 1 is 1.12 bits per heavy atom. The Labute approximate surface area is 96.2 Å². The minimum atomic E-state index is -0.796. The van der Waals surface area contributed by atoms with E-state index < -0.39 is 11.6 Å². The molecule has 0 N–H and O–H groups in total. The summed E-state index contributed by atoms with van der Waals surface area (Å²) in [5.41, 5.74) is 0. The second-order valence-corrected chi connectivity index (χ2v) is 3.49. The summed E-state index contributed by atoms with van der Waals surface area (Å²) >= 11 is 5.68. The first-order chi connectivity index (χ1) is 7.65. The molecular weight excluding hydrogens is 234 g/mol. The molecule has 0 saturated heterocycles. The SMILES string of the molecule is Fc1c[c]c(Oc2ccc(Cl)cc2)c(F)c1. The zero-order chi connectivity index (χ0) is 11.5. The van der Waals surface area contributed by atoms with E-state index in [9.17, 15) is 8.78 Å². The molecular formula is C12H6ClF2O. The molecule has 0 aliphatic rings. The minimum absolute atomic E-state index is 0.149. The molecule has 2 rings (SSSR count). The normalized spacial score (nSPS) is 10.2. The Morgan fingerprint density at radius 3 is 2.44 bits per heavy atom. The Morgan fingerprint density at radius 2 is 1.81 bits per heavy atom. The maximum absolute atomic E-state index is 13.2. The molecule has 0 amide bonds. The highest BCUT2D eigenvalue weighted by atomic mass is 35.5. The molecule has 0 bridgehead atoms. The van der Waals surface area contributed by atoms with E-state index in [0.29, 0.717) is 10.8 Å². The zero-order valence-electron chi connectivity index (χ0n) is 8.01. The summed E-state index contributed by atoms with van der Waals surface area (Å²) < 4.78 is 31.0. The summed E-state index contributed by atoms with van der Waals surface area (Å²) in [4.78, 5) is 0. The number of rotatable bonds is 2. The molecule has 0 saturated carbocycles. The number of hydrogen-bond acceptors (Lipinski definition) is 1. The van der Waals surface area contributed by atoms with Crippen molar-refractivity contribution in [2.75, 3.05) is 0 Å². The van der Waals surface area contributed by atoms with E-state index in [2.05, 4.69) is 6.07 Å². The predicted octanol–water partition coefficient (Wildman–Crippen LogP) is 4.21. The van der Waals surface area contributed by atoms with Crippen LogP contribution < -0.4 is 4.74 Å². The van der Waals surface area contributed by atoms with E-state index in [1.807, 2.05) is 0 Å². The lowest BCUT2D eigenvalue weighted by Gasteiger charge is -2.05. The first-order valence-corrected chi connectivity index (χ1v) is 4.83. The molecule has 0 aliphatic carbocycles. The van der Waals surface area contributed by atoms with Gasteiger partial charge in [-0.3, -0.25) is 0 Å². The van der Waals surface area contributed by atoms with Crippen LogP contribution in [0.3, 0.4) is 0 Å². The second-order valence-electron chi connectivity index (χ2n) is 3.05. The van der Waals surface area contributed by atoms with Crippen LogP contribution in [-0.4, -0.2) is 0 Å². The molecule has 0 fully saturated rings. The van der Waals surface area contributed by atoms with Gasteiger partial charge >= 0.3 is 0 Å². The topological polar surface area (TPSA) is 9.23 Å². The number of hydrogen-bond donors (Lipinski definition) is 0. The van der Waals surface area contributed by atoms with Crippen molar-refractivity contribution in [3.63, 3.8) is 0 Å². The molecule has 0 aromatic heterocycles. The first kappa shape index (κ1) is 10.9. The molecule has 1 nitrogen and oxygen atoms in total. The van der Waals surface area contributed by atoms with E-state index in [-0.39, 0.29) is 5.75 Å². The van der Waals surface area contributed by atoms with Gasteiger partial charge < -0.3 is 4.74 Å². The fraction of sp³-hybridized carbons (Fsp3) is 0. The van der Waals surface area contributed by atoms with Crippen molar-refractivity contribution in [2.45, 2.75) is 0 Å². The average molecular weight is 240 g/mol. The highest BCUT2D eigenvalue weighted by Gasteiger charge is 2.06. The van der Waals surface area contributed by atoms with E-state index in [1.54, 1.807) is 24.3 Å². The van der Waals surface area contributed by atoms with Crippen molar-refractivity contribution in [1.29, 1.82) is 0 Å². The van der Waals surface area contributed by atoms with Crippen molar-refractivity contribution in [3.05, 3.63) is 59.1 Å². The van der Waals surface area contributed by atoms with E-state index in [0.717, 1.165) is 12.1 Å². The fourth-order valence-electron chi connectivity index (χ4n) is 1.13. The van der Waals surface area contributed by atoms with Crippen LogP contribution in [0.1, 0.15) is 0 Å². The van der Waals surface area contributed by atoms with Gasteiger partial charge in [0, 0.05) is 17.2 Å². The molecule has 81 valence electrons. The highest BCUT2D eigenvalue weighted by molar-refractivity contribution is 6.30. The lowest BCUT2D eigenvalue weighted by molar-refractivity contribution is 0.436. The number of halogens is 3. The van der Waals surface area contributed by atoms with E-state index >= 15 is 0 Å². The molecule has 16 heavy (non-hydrogen) atoms. The molecule has 2 aromatic rings. The van der Waals surface area contributed by atoms with Crippen LogP contribution in [0.2, 0.25) is 5.02 Å². The molecule has 2 aromatic carbocycles. The Balaban J connectivity index is 2.23. The monoisotopic (exact) mass is 239 g/mol. The Kier molecular flexibility index (Phi) is 3.06. The van der Waals surface area contributed by atoms with Gasteiger partial charge in [-0.2, -0.15) is 0 Å². The third-order valence-electron chi connectivity index (χ3n) is 1.86. The van der Waals surface area contributed by atoms with Gasteiger partial charge in [-0.1, -0.05) is 11.6 Å². The molecule has 0 unspecified atom stereocenters. The molecule has 4 heteroatoms. The van der Waals surface area contributed by atoms with Crippen LogP contribution >= 0.6 is 11.6 Å².